The van der Waals surface area contributed by atoms with Gasteiger partial charge in [-0.25, -0.2) is 9.67 Å². The number of anilines is 1. The van der Waals surface area contributed by atoms with E-state index in [2.05, 4.69) is 73.4 Å². The van der Waals surface area contributed by atoms with Crippen LogP contribution in [0.3, 0.4) is 0 Å². The van der Waals surface area contributed by atoms with E-state index in [4.69, 9.17) is 18.0 Å². The number of nitrogens with one attached hydrogen (secondary N) is 1. The number of alkyl halides is 3. The van der Waals surface area contributed by atoms with Gasteiger partial charge in [0.1, 0.15) is 6.33 Å². The van der Waals surface area contributed by atoms with Crippen molar-refractivity contribution < 1.29 is 13.2 Å². The first-order chi connectivity index (χ1) is 18.5. The number of thiocarbonyl (C=S) groups is 1. The Hall–Kier alpha value is -3.72. The fraction of sp³-hybridized carbons (Fsp3) is 0.300. The molecule has 0 saturated carbocycles. The van der Waals surface area contributed by atoms with Gasteiger partial charge < -0.3 is 11.1 Å². The number of nitrogens with two attached hydrogens (primary N) is 1. The van der Waals surface area contributed by atoms with E-state index in [0.717, 1.165) is 42.6 Å². The van der Waals surface area contributed by atoms with Crippen LogP contribution in [0.1, 0.15) is 61.8 Å². The second-order valence-corrected chi connectivity index (χ2v) is 10.0. The van der Waals surface area contributed by atoms with Gasteiger partial charge in [0.25, 0.3) is 0 Å². The van der Waals surface area contributed by atoms with Gasteiger partial charge >= 0.3 is 6.18 Å². The zero-order chi connectivity index (χ0) is 28.6. The normalized spacial score (nSPS) is 11.2. The maximum Gasteiger partial charge on any atom is 0.416 e. The molecule has 1 aromatic heterocycles. The Morgan fingerprint density at radius 2 is 1.69 bits per heavy atom. The van der Waals surface area contributed by atoms with E-state index in [1.807, 2.05) is 12.1 Å². The van der Waals surface area contributed by atoms with Crippen LogP contribution in [0.2, 0.25) is 0 Å². The van der Waals surface area contributed by atoms with Crippen molar-refractivity contribution in [3.63, 3.8) is 0 Å². The molecule has 39 heavy (non-hydrogen) atoms. The molecule has 4 aromatic rings. The van der Waals surface area contributed by atoms with Crippen LogP contribution in [0.15, 0.2) is 73.1 Å². The largest absolute Gasteiger partial charge is 0.416 e. The van der Waals surface area contributed by atoms with Gasteiger partial charge in [-0.3, -0.25) is 0 Å². The molecule has 0 fully saturated rings. The molecule has 0 spiro atoms. The summed E-state index contributed by atoms with van der Waals surface area (Å²) in [5.74, 6) is 1.01. The Kier molecular flexibility index (Phi) is 10.2. The molecule has 3 aromatic carbocycles. The summed E-state index contributed by atoms with van der Waals surface area (Å²) in [5.41, 5.74) is 10.9. The molecule has 9 heteroatoms. The first-order valence-corrected chi connectivity index (χ1v) is 13.2. The molecule has 0 amide bonds. The van der Waals surface area contributed by atoms with Crippen molar-refractivity contribution in [1.29, 1.82) is 0 Å². The van der Waals surface area contributed by atoms with Gasteiger partial charge in [-0.2, -0.15) is 13.2 Å². The van der Waals surface area contributed by atoms with Crippen molar-refractivity contribution >= 4 is 23.0 Å². The van der Waals surface area contributed by atoms with Gasteiger partial charge in [0.2, 0.25) is 0 Å². The zero-order valence-corrected chi connectivity index (χ0v) is 23.4. The fourth-order valence-corrected chi connectivity index (χ4v) is 4.05. The van der Waals surface area contributed by atoms with Gasteiger partial charge in [0.15, 0.2) is 10.9 Å². The van der Waals surface area contributed by atoms with Crippen LogP contribution in [-0.4, -0.2) is 19.9 Å². The standard InChI is InChI=1S/C19H18F3N3.C11H16N2S/c1-2-3-4-14-5-7-15(8-6-14)18-23-13-25(24-18)17-11-9-16(10-12-17)19(20,21)22;1-7(2)9-5-4-8(3)6-10(9)13-11(12)14/h5-13H,2-4H2,1H3;4-7H,1-3H3,(H3,12,13,14). The molecule has 4 rings (SSSR count). The van der Waals surface area contributed by atoms with E-state index in [1.165, 1.54) is 39.8 Å². The van der Waals surface area contributed by atoms with E-state index < -0.39 is 11.7 Å². The second-order valence-electron chi connectivity index (χ2n) is 9.59. The summed E-state index contributed by atoms with van der Waals surface area (Å²) < 4.78 is 39.3. The molecule has 0 aliphatic rings. The van der Waals surface area contributed by atoms with Crippen molar-refractivity contribution in [3.8, 4) is 17.1 Å². The minimum atomic E-state index is -4.34. The highest BCUT2D eigenvalue weighted by molar-refractivity contribution is 7.80. The highest BCUT2D eigenvalue weighted by atomic mass is 32.1. The minimum Gasteiger partial charge on any atom is -0.376 e. The number of aryl methyl sites for hydroxylation is 2. The third kappa shape index (κ3) is 8.64. The number of nitrogens with zero attached hydrogens (tertiary/aromatic N) is 3. The Morgan fingerprint density at radius 1 is 1.03 bits per heavy atom. The summed E-state index contributed by atoms with van der Waals surface area (Å²) in [6.07, 6.45) is 0.514. The third-order valence-corrected chi connectivity index (χ3v) is 6.17. The molecule has 3 N–H and O–H groups in total. The average Bonchev–Trinajstić information content (AvgIpc) is 3.38. The van der Waals surface area contributed by atoms with Gasteiger partial charge in [0.05, 0.1) is 11.3 Å². The van der Waals surface area contributed by atoms with Crippen molar-refractivity contribution in [2.45, 2.75) is 59.1 Å². The van der Waals surface area contributed by atoms with Crippen LogP contribution in [-0.2, 0) is 12.6 Å². The molecular weight excluding hydrogens is 519 g/mol. The van der Waals surface area contributed by atoms with E-state index in [9.17, 15) is 13.2 Å². The summed E-state index contributed by atoms with van der Waals surface area (Å²) >= 11 is 4.83. The maximum atomic E-state index is 12.6. The second kappa shape index (κ2) is 13.4. The van der Waals surface area contributed by atoms with Crippen LogP contribution in [0.5, 0.6) is 0 Å². The number of aromatic nitrogens is 3. The molecule has 0 bridgehead atoms. The minimum absolute atomic E-state index is 0.317. The lowest BCUT2D eigenvalue weighted by Crippen LogP contribution is -2.20. The van der Waals surface area contributed by atoms with Crippen LogP contribution in [0.4, 0.5) is 18.9 Å². The van der Waals surface area contributed by atoms with Crippen LogP contribution in [0, 0.1) is 6.92 Å². The summed E-state index contributed by atoms with van der Waals surface area (Å²) in [6.45, 7) is 8.51. The monoisotopic (exact) mass is 553 g/mol. The van der Waals surface area contributed by atoms with Crippen LogP contribution < -0.4 is 11.1 Å². The third-order valence-electron chi connectivity index (χ3n) is 6.07. The summed E-state index contributed by atoms with van der Waals surface area (Å²) in [4.78, 5) is 4.26. The molecule has 0 saturated heterocycles. The number of hydrogen-bond donors (Lipinski definition) is 2. The summed E-state index contributed by atoms with van der Waals surface area (Å²) in [5, 5.41) is 7.68. The molecule has 1 heterocycles. The van der Waals surface area contributed by atoms with Crippen molar-refractivity contribution in [3.05, 3.63) is 95.3 Å². The SMILES string of the molecule is CCCCc1ccc(-c2ncn(-c3ccc(C(F)(F)F)cc3)n2)cc1.Cc1ccc(C(C)C)c(NC(N)=S)c1. The molecular formula is C30H34F3N5S. The van der Waals surface area contributed by atoms with Gasteiger partial charge in [-0.15, -0.1) is 5.10 Å². The average molecular weight is 554 g/mol. The smallest absolute Gasteiger partial charge is 0.376 e. The fourth-order valence-electron chi connectivity index (χ4n) is 3.94. The van der Waals surface area contributed by atoms with E-state index in [1.54, 1.807) is 0 Å². The molecule has 0 unspecified atom stereocenters. The Morgan fingerprint density at radius 3 is 2.26 bits per heavy atom. The topological polar surface area (TPSA) is 68.8 Å². The van der Waals surface area contributed by atoms with Gasteiger partial charge in [-0.05, 0) is 84.9 Å². The number of unbranched alkanes of at least 4 members (excludes halogenated alkanes) is 1. The van der Waals surface area contributed by atoms with Crippen molar-refractivity contribution in [2.75, 3.05) is 5.32 Å². The quantitative estimate of drug-likeness (QED) is 0.227. The number of hydrogen-bond acceptors (Lipinski definition) is 3. The van der Waals surface area contributed by atoms with Gasteiger partial charge in [-0.1, -0.05) is 63.6 Å². The van der Waals surface area contributed by atoms with Gasteiger partial charge in [0, 0.05) is 11.3 Å². The Balaban J connectivity index is 0.000000255. The predicted molar refractivity (Wildman–Crippen MR) is 156 cm³/mol. The van der Waals surface area contributed by atoms with Crippen LogP contribution >= 0.6 is 12.2 Å². The zero-order valence-electron chi connectivity index (χ0n) is 22.6. The van der Waals surface area contributed by atoms with E-state index in [-0.39, 0.29) is 0 Å². The first kappa shape index (κ1) is 29.8. The molecule has 206 valence electrons. The molecule has 0 aliphatic heterocycles. The number of rotatable bonds is 7. The van der Waals surface area contributed by atoms with Crippen molar-refractivity contribution in [2.24, 2.45) is 5.73 Å². The Bertz CT molecular complexity index is 1360. The van der Waals surface area contributed by atoms with Crippen molar-refractivity contribution in [1.82, 2.24) is 14.8 Å². The summed E-state index contributed by atoms with van der Waals surface area (Å²) in [6, 6.07) is 19.2. The highest BCUT2D eigenvalue weighted by Gasteiger charge is 2.30. The van der Waals surface area contributed by atoms with E-state index >= 15 is 0 Å². The predicted octanol–water partition coefficient (Wildman–Crippen LogP) is 8.07. The summed E-state index contributed by atoms with van der Waals surface area (Å²) in [7, 11) is 0. The van der Waals surface area contributed by atoms with Crippen LogP contribution in [0.25, 0.3) is 17.1 Å². The highest BCUT2D eigenvalue weighted by Crippen LogP contribution is 2.29. The Labute approximate surface area is 233 Å². The molecule has 0 aliphatic carbocycles. The lowest BCUT2D eigenvalue weighted by atomic mass is 9.99. The maximum absolute atomic E-state index is 12.6. The number of benzene rings is 3. The first-order valence-electron chi connectivity index (χ1n) is 12.8. The number of halogens is 3. The lowest BCUT2D eigenvalue weighted by molar-refractivity contribution is -0.137. The molecule has 0 atom stereocenters. The molecule has 5 nitrogen and oxygen atoms in total. The lowest BCUT2D eigenvalue weighted by Gasteiger charge is -2.14. The molecule has 0 radical (unpaired) electrons. The van der Waals surface area contributed by atoms with E-state index in [0.29, 0.717) is 22.5 Å².